The zero-order valence-corrected chi connectivity index (χ0v) is 42.7. The van der Waals surface area contributed by atoms with Crippen LogP contribution in [0, 0.1) is 0 Å². The van der Waals surface area contributed by atoms with Crippen molar-refractivity contribution in [3.05, 3.63) is 48.6 Å². The first-order chi connectivity index (χ1) is 32.4. The predicted octanol–water partition coefficient (Wildman–Crippen LogP) is 14.0. The molecule has 0 radical (unpaired) electrons. The first-order valence-electron chi connectivity index (χ1n) is 27.7. The van der Waals surface area contributed by atoms with E-state index in [4.69, 9.17) is 18.9 Å². The Bertz CT molecular complexity index is 1150. The Morgan fingerprint density at radius 1 is 0.500 bits per heavy atom. The summed E-state index contributed by atoms with van der Waals surface area (Å²) >= 11 is 0. The van der Waals surface area contributed by atoms with Crippen molar-refractivity contribution >= 4 is 5.97 Å². The molecule has 0 saturated carbocycles. The summed E-state index contributed by atoms with van der Waals surface area (Å²) in [7, 11) is 0. The normalized spacial score (nSPS) is 19.6. The summed E-state index contributed by atoms with van der Waals surface area (Å²) in [4.78, 5) is 12.9. The molecule has 6 unspecified atom stereocenters. The monoisotopic (exact) mass is 933 g/mol. The minimum Gasteiger partial charge on any atom is -0.457 e. The summed E-state index contributed by atoms with van der Waals surface area (Å²) in [5.74, 6) is -0.316. The van der Waals surface area contributed by atoms with Gasteiger partial charge >= 0.3 is 5.97 Å². The van der Waals surface area contributed by atoms with Crippen LogP contribution in [-0.4, -0.2) is 89.6 Å². The maximum atomic E-state index is 12.9. The number of esters is 1. The summed E-state index contributed by atoms with van der Waals surface area (Å²) in [6, 6.07) is 0. The molecule has 9 nitrogen and oxygen atoms in total. The molecule has 9 heteroatoms. The fourth-order valence-electron chi connectivity index (χ4n) is 8.49. The average molecular weight is 933 g/mol. The number of unbranched alkanes of at least 4 members (excludes halogenated alkanes) is 29. The first-order valence-corrected chi connectivity index (χ1v) is 27.7. The molecule has 1 heterocycles. The van der Waals surface area contributed by atoms with E-state index in [-0.39, 0.29) is 19.2 Å². The SMILES string of the molecule is CC/C=C\C/C=C\C/C=C\C/C=C\CCCCCCCOCC(COC1OC(CO)C(O)C(O)C1O)OC(=O)CCCCCCCCCCCCCCCCCCCCCCCCCCC. The molecule has 0 amide bonds. The number of ether oxygens (including phenoxy) is 4. The summed E-state index contributed by atoms with van der Waals surface area (Å²) < 4.78 is 22.9. The van der Waals surface area contributed by atoms with Crippen LogP contribution in [0.1, 0.15) is 245 Å². The van der Waals surface area contributed by atoms with Crippen molar-refractivity contribution in [2.45, 2.75) is 282 Å². The number of allylic oxidation sites excluding steroid dienone is 8. The highest BCUT2D eigenvalue weighted by Crippen LogP contribution is 2.23. The van der Waals surface area contributed by atoms with Gasteiger partial charge in [0.15, 0.2) is 6.29 Å². The molecular formula is C57H104O9. The van der Waals surface area contributed by atoms with Crippen LogP contribution in [0.3, 0.4) is 0 Å². The summed E-state index contributed by atoms with van der Waals surface area (Å²) in [6.07, 6.45) is 54.5. The van der Waals surface area contributed by atoms with E-state index in [1.165, 1.54) is 154 Å². The number of carbonyl (C=O) groups is 1. The van der Waals surface area contributed by atoms with Crippen LogP contribution in [0.2, 0.25) is 0 Å². The maximum Gasteiger partial charge on any atom is 0.306 e. The quantitative estimate of drug-likeness (QED) is 0.0267. The highest BCUT2D eigenvalue weighted by molar-refractivity contribution is 5.69. The molecule has 0 aromatic heterocycles. The molecule has 1 saturated heterocycles. The second-order valence-corrected chi connectivity index (χ2v) is 19.0. The van der Waals surface area contributed by atoms with Crippen LogP contribution in [0.4, 0.5) is 0 Å². The number of rotatable bonds is 48. The lowest BCUT2D eigenvalue weighted by atomic mass is 9.99. The third-order valence-corrected chi connectivity index (χ3v) is 12.8. The van der Waals surface area contributed by atoms with E-state index < -0.39 is 43.4 Å². The molecule has 4 N–H and O–H groups in total. The van der Waals surface area contributed by atoms with Crippen LogP contribution in [-0.2, 0) is 23.7 Å². The van der Waals surface area contributed by atoms with E-state index >= 15 is 0 Å². The van der Waals surface area contributed by atoms with Gasteiger partial charge in [-0.1, -0.05) is 236 Å². The third kappa shape index (κ3) is 38.1. The molecule has 386 valence electrons. The Morgan fingerprint density at radius 3 is 1.39 bits per heavy atom. The Kier molecular flexibility index (Phi) is 45.4. The summed E-state index contributed by atoms with van der Waals surface area (Å²) in [5, 5.41) is 40.3. The minimum atomic E-state index is -1.54. The Hall–Kier alpha value is -1.85. The lowest BCUT2D eigenvalue weighted by Crippen LogP contribution is -2.59. The van der Waals surface area contributed by atoms with E-state index in [1.54, 1.807) is 0 Å². The van der Waals surface area contributed by atoms with Crippen molar-refractivity contribution in [2.75, 3.05) is 26.4 Å². The Labute approximate surface area is 405 Å². The number of aliphatic hydroxyl groups excluding tert-OH is 4. The van der Waals surface area contributed by atoms with Gasteiger partial charge in [0.25, 0.3) is 0 Å². The van der Waals surface area contributed by atoms with Crippen molar-refractivity contribution in [1.82, 2.24) is 0 Å². The Morgan fingerprint density at radius 2 is 0.924 bits per heavy atom. The zero-order valence-electron chi connectivity index (χ0n) is 42.7. The van der Waals surface area contributed by atoms with Crippen LogP contribution in [0.15, 0.2) is 48.6 Å². The van der Waals surface area contributed by atoms with Gasteiger partial charge in [-0.3, -0.25) is 4.79 Å². The van der Waals surface area contributed by atoms with Crippen LogP contribution in [0.25, 0.3) is 0 Å². The number of aliphatic hydroxyl groups is 4. The molecule has 0 aliphatic carbocycles. The van der Waals surface area contributed by atoms with Gasteiger partial charge in [-0.2, -0.15) is 0 Å². The van der Waals surface area contributed by atoms with Crippen molar-refractivity contribution < 1.29 is 44.2 Å². The molecule has 66 heavy (non-hydrogen) atoms. The van der Waals surface area contributed by atoms with Gasteiger partial charge in [0.1, 0.15) is 30.5 Å². The van der Waals surface area contributed by atoms with E-state index in [9.17, 15) is 25.2 Å². The largest absolute Gasteiger partial charge is 0.457 e. The summed E-state index contributed by atoms with van der Waals surface area (Å²) in [5.41, 5.74) is 0. The number of hydrogen-bond acceptors (Lipinski definition) is 9. The van der Waals surface area contributed by atoms with Crippen LogP contribution in [0.5, 0.6) is 0 Å². The smallest absolute Gasteiger partial charge is 0.306 e. The topological polar surface area (TPSA) is 135 Å². The lowest BCUT2D eigenvalue weighted by molar-refractivity contribution is -0.305. The fraction of sp³-hybridized carbons (Fsp3) is 0.842. The molecule has 0 aromatic rings. The van der Waals surface area contributed by atoms with Gasteiger partial charge in [0.05, 0.1) is 19.8 Å². The molecule has 1 aliphatic rings. The van der Waals surface area contributed by atoms with E-state index in [0.29, 0.717) is 13.0 Å². The van der Waals surface area contributed by atoms with Gasteiger partial charge in [-0.15, -0.1) is 0 Å². The zero-order chi connectivity index (χ0) is 47.8. The molecule has 6 atom stereocenters. The highest BCUT2D eigenvalue weighted by Gasteiger charge is 2.44. The van der Waals surface area contributed by atoms with Crippen molar-refractivity contribution in [2.24, 2.45) is 0 Å². The number of carbonyl (C=O) groups excluding carboxylic acids is 1. The van der Waals surface area contributed by atoms with Gasteiger partial charge < -0.3 is 39.4 Å². The van der Waals surface area contributed by atoms with Gasteiger partial charge in [-0.05, 0) is 51.4 Å². The molecule has 1 aliphatic heterocycles. The van der Waals surface area contributed by atoms with Gasteiger partial charge in [-0.25, -0.2) is 0 Å². The van der Waals surface area contributed by atoms with Crippen molar-refractivity contribution in [1.29, 1.82) is 0 Å². The number of hydrogen-bond donors (Lipinski definition) is 4. The second-order valence-electron chi connectivity index (χ2n) is 19.0. The Balaban J connectivity index is 2.16. The molecule has 0 aromatic carbocycles. The molecule has 1 fully saturated rings. The van der Waals surface area contributed by atoms with E-state index in [1.807, 2.05) is 0 Å². The standard InChI is InChI=1S/C57H104O9/c1-3-5-7-9-11-13-15-17-19-21-23-24-25-26-27-28-29-30-32-34-36-38-40-42-44-46-53(59)65-51(50-64-57-56(62)55(61)54(60)52(48-58)66-57)49-63-47-45-43-41-39-37-35-33-31-22-20-18-16-14-12-10-8-6-4-2/h6,8,12,14,18,20,31,33,51-52,54-58,60-62H,3-5,7,9-11,13,15-17,19,21-30,32,34-50H2,1-2H3/b8-6-,14-12-,20-18-,33-31-. The maximum absolute atomic E-state index is 12.9. The van der Waals surface area contributed by atoms with E-state index in [2.05, 4.69) is 62.5 Å². The average Bonchev–Trinajstić information content (AvgIpc) is 3.32. The molecule has 0 bridgehead atoms. The van der Waals surface area contributed by atoms with Crippen LogP contribution < -0.4 is 0 Å². The predicted molar refractivity (Wildman–Crippen MR) is 275 cm³/mol. The fourth-order valence-corrected chi connectivity index (χ4v) is 8.49. The van der Waals surface area contributed by atoms with Gasteiger partial charge in [0.2, 0.25) is 0 Å². The third-order valence-electron chi connectivity index (χ3n) is 12.8. The van der Waals surface area contributed by atoms with Crippen LogP contribution >= 0.6 is 0 Å². The molecule has 0 spiro atoms. The lowest BCUT2D eigenvalue weighted by Gasteiger charge is -2.39. The molecular weight excluding hydrogens is 829 g/mol. The van der Waals surface area contributed by atoms with Gasteiger partial charge in [0, 0.05) is 13.0 Å². The van der Waals surface area contributed by atoms with Crippen molar-refractivity contribution in [3.8, 4) is 0 Å². The second kappa shape index (κ2) is 48.2. The highest BCUT2D eigenvalue weighted by atomic mass is 16.7. The first kappa shape index (κ1) is 62.2. The van der Waals surface area contributed by atoms with E-state index in [0.717, 1.165) is 70.6 Å². The molecule has 1 rings (SSSR count). The van der Waals surface area contributed by atoms with Crippen molar-refractivity contribution in [3.63, 3.8) is 0 Å². The summed E-state index contributed by atoms with van der Waals surface area (Å²) in [6.45, 7) is 4.44. The minimum absolute atomic E-state index is 0.120.